The number of nitrogens with one attached hydrogen (secondary N) is 1. The normalized spacial score (nSPS) is 10.5. The number of hydrogen-bond acceptors (Lipinski definition) is 2. The maximum absolute atomic E-state index is 12.5. The van der Waals surface area contributed by atoms with E-state index in [0.29, 0.717) is 17.1 Å². The first-order valence-corrected chi connectivity index (χ1v) is 8.22. The van der Waals surface area contributed by atoms with Crippen molar-refractivity contribution in [2.24, 2.45) is 0 Å². The number of rotatable bonds is 4. The number of carbonyl (C=O) groups excluding carboxylic acids is 1. The summed E-state index contributed by atoms with van der Waals surface area (Å²) in [7, 11) is 0. The molecule has 0 bridgehead atoms. The number of nitrogens with zero attached hydrogens (tertiary/aromatic N) is 1. The van der Waals surface area contributed by atoms with Gasteiger partial charge in [-0.3, -0.25) is 9.59 Å². The predicted molar refractivity (Wildman–Crippen MR) is 100 cm³/mol. The molecule has 1 amide bonds. The van der Waals surface area contributed by atoms with Crippen LogP contribution in [0.3, 0.4) is 0 Å². The molecule has 0 unspecified atom stereocenters. The average molecular weight is 353 g/mol. The van der Waals surface area contributed by atoms with Gasteiger partial charge in [0.1, 0.15) is 0 Å². The van der Waals surface area contributed by atoms with Gasteiger partial charge >= 0.3 is 0 Å². The fourth-order valence-corrected chi connectivity index (χ4v) is 2.74. The maximum Gasteiger partial charge on any atom is 0.257 e. The summed E-state index contributed by atoms with van der Waals surface area (Å²) in [4.78, 5) is 24.6. The zero-order valence-corrected chi connectivity index (χ0v) is 14.5. The van der Waals surface area contributed by atoms with Crippen LogP contribution in [0.2, 0.25) is 5.02 Å². The Bertz CT molecular complexity index is 979. The van der Waals surface area contributed by atoms with Crippen LogP contribution in [0.5, 0.6) is 0 Å². The van der Waals surface area contributed by atoms with Crippen molar-refractivity contribution in [2.75, 3.05) is 5.32 Å². The van der Waals surface area contributed by atoms with Crippen molar-refractivity contribution in [2.45, 2.75) is 13.5 Å². The van der Waals surface area contributed by atoms with Crippen molar-refractivity contribution in [3.8, 4) is 0 Å². The van der Waals surface area contributed by atoms with Crippen molar-refractivity contribution in [1.29, 1.82) is 0 Å². The van der Waals surface area contributed by atoms with E-state index in [1.807, 2.05) is 43.3 Å². The molecular formula is C20H17ClN2O2. The van der Waals surface area contributed by atoms with Crippen molar-refractivity contribution in [3.05, 3.63) is 98.9 Å². The summed E-state index contributed by atoms with van der Waals surface area (Å²) in [5.74, 6) is -0.255. The molecule has 4 nitrogen and oxygen atoms in total. The first-order valence-electron chi connectivity index (χ1n) is 7.85. The Balaban J connectivity index is 1.85. The molecule has 3 rings (SSSR count). The van der Waals surface area contributed by atoms with Gasteiger partial charge in [0.15, 0.2) is 0 Å². The van der Waals surface area contributed by atoms with Gasteiger partial charge in [0.2, 0.25) is 0 Å². The number of para-hydroxylation sites is 1. The van der Waals surface area contributed by atoms with Crippen LogP contribution in [0.25, 0.3) is 0 Å². The molecule has 1 N–H and O–H groups in total. The molecule has 0 saturated carbocycles. The Morgan fingerprint density at radius 3 is 2.64 bits per heavy atom. The Morgan fingerprint density at radius 1 is 1.08 bits per heavy atom. The Kier molecular flexibility index (Phi) is 5.00. The largest absolute Gasteiger partial charge is 0.322 e. The summed E-state index contributed by atoms with van der Waals surface area (Å²) >= 11 is 5.99. The molecule has 0 atom stereocenters. The summed E-state index contributed by atoms with van der Waals surface area (Å²) in [6.07, 6.45) is 1.57. The highest BCUT2D eigenvalue weighted by Crippen LogP contribution is 2.15. The quantitative estimate of drug-likeness (QED) is 0.768. The second-order valence-electron chi connectivity index (χ2n) is 5.78. The lowest BCUT2D eigenvalue weighted by atomic mass is 10.2. The molecule has 0 aliphatic heterocycles. The van der Waals surface area contributed by atoms with E-state index in [1.165, 1.54) is 16.7 Å². The standard InChI is InChI=1S/C20H17ClN2O2/c1-14-5-2-3-8-18(14)22-20(25)16-9-10-19(24)23(13-16)12-15-6-4-7-17(21)11-15/h2-11,13H,12H2,1H3,(H,22,25). The van der Waals surface area contributed by atoms with E-state index in [1.54, 1.807) is 18.3 Å². The molecule has 0 saturated heterocycles. The SMILES string of the molecule is Cc1ccccc1NC(=O)c1ccc(=O)n(Cc2cccc(Cl)c2)c1. The first kappa shape index (κ1) is 17.0. The summed E-state index contributed by atoms with van der Waals surface area (Å²) < 4.78 is 1.50. The van der Waals surface area contributed by atoms with Crippen LogP contribution < -0.4 is 10.9 Å². The van der Waals surface area contributed by atoms with E-state index in [0.717, 1.165) is 16.8 Å². The van der Waals surface area contributed by atoms with Crippen LogP contribution in [0.1, 0.15) is 21.5 Å². The number of anilines is 1. The molecule has 2 aromatic carbocycles. The van der Waals surface area contributed by atoms with Crippen LogP contribution in [0.15, 0.2) is 71.7 Å². The summed E-state index contributed by atoms with van der Waals surface area (Å²) in [6.45, 7) is 2.28. The third kappa shape index (κ3) is 4.17. The number of halogens is 1. The van der Waals surface area contributed by atoms with Crippen molar-refractivity contribution in [1.82, 2.24) is 4.57 Å². The van der Waals surface area contributed by atoms with E-state index in [4.69, 9.17) is 11.6 Å². The monoisotopic (exact) mass is 352 g/mol. The lowest BCUT2D eigenvalue weighted by Crippen LogP contribution is -2.22. The third-order valence-electron chi connectivity index (χ3n) is 3.88. The molecule has 0 aliphatic carbocycles. The molecule has 0 radical (unpaired) electrons. The summed E-state index contributed by atoms with van der Waals surface area (Å²) in [5.41, 5.74) is 2.87. The number of pyridine rings is 1. The van der Waals surface area contributed by atoms with Gasteiger partial charge in [-0.2, -0.15) is 0 Å². The number of aryl methyl sites for hydroxylation is 1. The highest BCUT2D eigenvalue weighted by atomic mass is 35.5. The average Bonchev–Trinajstić information content (AvgIpc) is 2.59. The highest BCUT2D eigenvalue weighted by molar-refractivity contribution is 6.30. The van der Waals surface area contributed by atoms with Gasteiger partial charge in [-0.05, 0) is 42.3 Å². The van der Waals surface area contributed by atoms with Gasteiger partial charge in [0.25, 0.3) is 11.5 Å². The van der Waals surface area contributed by atoms with Gasteiger partial charge < -0.3 is 9.88 Å². The molecule has 0 spiro atoms. The van der Waals surface area contributed by atoms with Gasteiger partial charge in [-0.25, -0.2) is 0 Å². The van der Waals surface area contributed by atoms with Crippen LogP contribution in [0, 0.1) is 6.92 Å². The Morgan fingerprint density at radius 2 is 1.88 bits per heavy atom. The van der Waals surface area contributed by atoms with E-state index < -0.39 is 0 Å². The van der Waals surface area contributed by atoms with Crippen molar-refractivity contribution >= 4 is 23.2 Å². The summed E-state index contributed by atoms with van der Waals surface area (Å²) in [6, 6.07) is 17.8. The van der Waals surface area contributed by atoms with Crippen LogP contribution in [-0.4, -0.2) is 10.5 Å². The molecule has 3 aromatic rings. The molecule has 1 heterocycles. The van der Waals surface area contributed by atoms with Crippen LogP contribution in [0.4, 0.5) is 5.69 Å². The Labute approximate surface area is 150 Å². The van der Waals surface area contributed by atoms with Gasteiger partial charge in [0, 0.05) is 23.0 Å². The molecule has 5 heteroatoms. The van der Waals surface area contributed by atoms with Crippen LogP contribution in [-0.2, 0) is 6.54 Å². The van der Waals surface area contributed by atoms with Crippen molar-refractivity contribution < 1.29 is 4.79 Å². The van der Waals surface area contributed by atoms with E-state index in [9.17, 15) is 9.59 Å². The predicted octanol–water partition coefficient (Wildman–Crippen LogP) is 4.11. The lowest BCUT2D eigenvalue weighted by molar-refractivity contribution is 0.102. The third-order valence-corrected chi connectivity index (χ3v) is 4.12. The number of hydrogen-bond donors (Lipinski definition) is 1. The second kappa shape index (κ2) is 7.36. The highest BCUT2D eigenvalue weighted by Gasteiger charge is 2.09. The number of aromatic nitrogens is 1. The number of amides is 1. The summed E-state index contributed by atoms with van der Waals surface area (Å²) in [5, 5.41) is 3.48. The molecular weight excluding hydrogens is 336 g/mol. The fraction of sp³-hybridized carbons (Fsp3) is 0.100. The van der Waals surface area contributed by atoms with Gasteiger partial charge in [-0.1, -0.05) is 41.9 Å². The molecule has 0 aliphatic rings. The molecule has 0 fully saturated rings. The van der Waals surface area contributed by atoms with E-state index in [2.05, 4.69) is 5.32 Å². The topological polar surface area (TPSA) is 51.1 Å². The minimum absolute atomic E-state index is 0.174. The maximum atomic E-state index is 12.5. The zero-order valence-electron chi connectivity index (χ0n) is 13.7. The minimum atomic E-state index is -0.255. The Hall–Kier alpha value is -2.85. The number of carbonyl (C=O) groups is 1. The number of benzene rings is 2. The van der Waals surface area contributed by atoms with E-state index >= 15 is 0 Å². The second-order valence-corrected chi connectivity index (χ2v) is 6.22. The van der Waals surface area contributed by atoms with Gasteiger partial charge in [-0.15, -0.1) is 0 Å². The smallest absolute Gasteiger partial charge is 0.257 e. The minimum Gasteiger partial charge on any atom is -0.322 e. The molecule has 126 valence electrons. The first-order chi connectivity index (χ1) is 12.0. The van der Waals surface area contributed by atoms with Crippen LogP contribution >= 0.6 is 11.6 Å². The zero-order chi connectivity index (χ0) is 17.8. The van der Waals surface area contributed by atoms with E-state index in [-0.39, 0.29) is 11.5 Å². The molecule has 25 heavy (non-hydrogen) atoms. The molecule has 1 aromatic heterocycles. The van der Waals surface area contributed by atoms with Crippen molar-refractivity contribution in [3.63, 3.8) is 0 Å². The lowest BCUT2D eigenvalue weighted by Gasteiger charge is -2.11. The van der Waals surface area contributed by atoms with Gasteiger partial charge in [0.05, 0.1) is 12.1 Å². The fourth-order valence-electron chi connectivity index (χ4n) is 2.53.